The van der Waals surface area contributed by atoms with Crippen molar-refractivity contribution in [1.29, 1.82) is 0 Å². The summed E-state index contributed by atoms with van der Waals surface area (Å²) in [5.41, 5.74) is 1.32. The Bertz CT molecular complexity index is 461. The van der Waals surface area contributed by atoms with Crippen LogP contribution in [0.25, 0.3) is 0 Å². The first-order chi connectivity index (χ1) is 11.7. The molecule has 0 unspecified atom stereocenters. The predicted octanol–water partition coefficient (Wildman–Crippen LogP) is 1.44. The molecule has 1 atom stereocenters. The maximum Gasteiger partial charge on any atom is 0.234 e. The molecule has 0 radical (unpaired) electrons. The third kappa shape index (κ3) is 7.90. The van der Waals surface area contributed by atoms with Gasteiger partial charge in [-0.15, -0.1) is 0 Å². The highest BCUT2D eigenvalue weighted by Crippen LogP contribution is 2.04. The van der Waals surface area contributed by atoms with E-state index in [0.29, 0.717) is 6.54 Å². The molecule has 2 N–H and O–H groups in total. The van der Waals surface area contributed by atoms with Gasteiger partial charge in [-0.3, -0.25) is 9.69 Å². The van der Waals surface area contributed by atoms with Gasteiger partial charge < -0.3 is 15.4 Å². The maximum atomic E-state index is 11.9. The summed E-state index contributed by atoms with van der Waals surface area (Å²) in [4.78, 5) is 14.3. The number of amides is 1. The summed E-state index contributed by atoms with van der Waals surface area (Å²) < 4.78 is 5.33. The summed E-state index contributed by atoms with van der Waals surface area (Å²) in [6, 6.07) is 10.6. The van der Waals surface area contributed by atoms with E-state index in [1.54, 1.807) is 0 Å². The fourth-order valence-corrected chi connectivity index (χ4v) is 2.88. The van der Waals surface area contributed by atoms with E-state index in [-0.39, 0.29) is 11.9 Å². The highest BCUT2D eigenvalue weighted by atomic mass is 16.5. The average Bonchev–Trinajstić information content (AvgIpc) is 2.61. The minimum absolute atomic E-state index is 0.0851. The molecule has 5 nitrogen and oxygen atoms in total. The van der Waals surface area contributed by atoms with Crippen molar-refractivity contribution in [1.82, 2.24) is 15.5 Å². The second kappa shape index (κ2) is 11.2. The van der Waals surface area contributed by atoms with Crippen molar-refractivity contribution in [2.75, 3.05) is 45.9 Å². The van der Waals surface area contributed by atoms with Crippen molar-refractivity contribution in [2.24, 2.45) is 0 Å². The van der Waals surface area contributed by atoms with Crippen molar-refractivity contribution >= 4 is 5.91 Å². The van der Waals surface area contributed by atoms with Gasteiger partial charge in [0.25, 0.3) is 0 Å². The number of hydrogen-bond acceptors (Lipinski definition) is 4. The van der Waals surface area contributed by atoms with Gasteiger partial charge in [0.2, 0.25) is 5.91 Å². The summed E-state index contributed by atoms with van der Waals surface area (Å²) >= 11 is 0. The van der Waals surface area contributed by atoms with Crippen LogP contribution in [0.4, 0.5) is 0 Å². The highest BCUT2D eigenvalue weighted by Gasteiger charge is 2.10. The molecule has 1 heterocycles. The molecule has 5 heteroatoms. The van der Waals surface area contributed by atoms with Crippen LogP contribution in [-0.2, 0) is 16.0 Å². The van der Waals surface area contributed by atoms with Crippen LogP contribution in [0.3, 0.4) is 0 Å². The van der Waals surface area contributed by atoms with Crippen LogP contribution in [0.2, 0.25) is 0 Å². The van der Waals surface area contributed by atoms with E-state index in [0.717, 1.165) is 58.7 Å². The Morgan fingerprint density at radius 1 is 1.25 bits per heavy atom. The van der Waals surface area contributed by atoms with E-state index in [9.17, 15) is 4.79 Å². The van der Waals surface area contributed by atoms with Gasteiger partial charge in [0.15, 0.2) is 0 Å². The van der Waals surface area contributed by atoms with E-state index >= 15 is 0 Å². The SMILES string of the molecule is C[C@@H](CCc1ccccc1)NC(=O)CNCCCN1CCOCC1. The second-order valence-electron chi connectivity index (χ2n) is 6.48. The highest BCUT2D eigenvalue weighted by molar-refractivity contribution is 5.78. The van der Waals surface area contributed by atoms with E-state index < -0.39 is 0 Å². The van der Waals surface area contributed by atoms with Crippen LogP contribution in [-0.4, -0.2) is 62.8 Å². The molecule has 1 amide bonds. The van der Waals surface area contributed by atoms with Crippen LogP contribution in [0.15, 0.2) is 30.3 Å². The Hall–Kier alpha value is -1.43. The Morgan fingerprint density at radius 2 is 2.00 bits per heavy atom. The van der Waals surface area contributed by atoms with E-state index in [4.69, 9.17) is 4.74 Å². The first-order valence-electron chi connectivity index (χ1n) is 9.08. The number of nitrogens with one attached hydrogen (secondary N) is 2. The molecule has 1 aliphatic rings. The number of aryl methyl sites for hydroxylation is 1. The quantitative estimate of drug-likeness (QED) is 0.636. The molecule has 0 aromatic heterocycles. The van der Waals surface area contributed by atoms with Crippen LogP contribution in [0.5, 0.6) is 0 Å². The van der Waals surface area contributed by atoms with Gasteiger partial charge in [-0.25, -0.2) is 0 Å². The lowest BCUT2D eigenvalue weighted by Gasteiger charge is -2.26. The summed E-state index contributed by atoms with van der Waals surface area (Å²) in [5.74, 6) is 0.0851. The third-order valence-electron chi connectivity index (χ3n) is 4.33. The second-order valence-corrected chi connectivity index (χ2v) is 6.48. The van der Waals surface area contributed by atoms with Gasteiger partial charge in [-0.2, -0.15) is 0 Å². The van der Waals surface area contributed by atoms with Crippen LogP contribution in [0.1, 0.15) is 25.3 Å². The number of morpholine rings is 1. The smallest absolute Gasteiger partial charge is 0.234 e. The van der Waals surface area contributed by atoms with Crippen molar-refractivity contribution < 1.29 is 9.53 Å². The Balaban J connectivity index is 1.48. The molecule has 2 rings (SSSR count). The Labute approximate surface area is 145 Å². The summed E-state index contributed by atoms with van der Waals surface area (Å²) in [7, 11) is 0. The van der Waals surface area contributed by atoms with Gasteiger partial charge in [0.1, 0.15) is 0 Å². The fraction of sp³-hybridized carbons (Fsp3) is 0.632. The first kappa shape index (κ1) is 18.9. The normalized spacial score (nSPS) is 16.7. The zero-order chi connectivity index (χ0) is 17.0. The Morgan fingerprint density at radius 3 is 2.75 bits per heavy atom. The lowest BCUT2D eigenvalue weighted by Crippen LogP contribution is -2.40. The molecule has 1 saturated heterocycles. The zero-order valence-corrected chi connectivity index (χ0v) is 14.8. The van der Waals surface area contributed by atoms with Crippen molar-refractivity contribution in [3.05, 3.63) is 35.9 Å². The predicted molar refractivity (Wildman–Crippen MR) is 97.1 cm³/mol. The number of benzene rings is 1. The number of carbonyl (C=O) groups excluding carboxylic acids is 1. The minimum Gasteiger partial charge on any atom is -0.379 e. The number of carbonyl (C=O) groups is 1. The number of rotatable bonds is 10. The molecule has 1 aliphatic heterocycles. The van der Waals surface area contributed by atoms with Gasteiger partial charge in [-0.05, 0) is 44.8 Å². The van der Waals surface area contributed by atoms with Gasteiger partial charge in [0.05, 0.1) is 19.8 Å². The molecular formula is C19H31N3O2. The first-order valence-corrected chi connectivity index (χ1v) is 9.08. The molecule has 24 heavy (non-hydrogen) atoms. The van der Waals surface area contributed by atoms with Crippen molar-refractivity contribution in [3.8, 4) is 0 Å². The molecule has 0 spiro atoms. The molecule has 1 fully saturated rings. The number of hydrogen-bond donors (Lipinski definition) is 2. The lowest BCUT2D eigenvalue weighted by molar-refractivity contribution is -0.120. The summed E-state index contributed by atoms with van der Waals surface area (Å²) in [5, 5.41) is 6.30. The van der Waals surface area contributed by atoms with Gasteiger partial charge >= 0.3 is 0 Å². The maximum absolute atomic E-state index is 11.9. The third-order valence-corrected chi connectivity index (χ3v) is 4.33. The monoisotopic (exact) mass is 333 g/mol. The van der Waals surface area contributed by atoms with Crippen molar-refractivity contribution in [3.63, 3.8) is 0 Å². The molecule has 1 aromatic rings. The molecule has 1 aromatic carbocycles. The van der Waals surface area contributed by atoms with Crippen LogP contribution < -0.4 is 10.6 Å². The van der Waals surface area contributed by atoms with E-state index in [1.165, 1.54) is 5.56 Å². The largest absolute Gasteiger partial charge is 0.379 e. The minimum atomic E-state index is 0.0851. The van der Waals surface area contributed by atoms with Crippen molar-refractivity contribution in [2.45, 2.75) is 32.2 Å². The van der Waals surface area contributed by atoms with Crippen LogP contribution >= 0.6 is 0 Å². The number of ether oxygens (including phenoxy) is 1. The molecule has 134 valence electrons. The van der Waals surface area contributed by atoms with E-state index in [1.807, 2.05) is 6.07 Å². The Kier molecular flexibility index (Phi) is 8.81. The summed E-state index contributed by atoms with van der Waals surface area (Å²) in [6.45, 7) is 8.17. The summed E-state index contributed by atoms with van der Waals surface area (Å²) in [6.07, 6.45) is 3.03. The molecule has 0 aliphatic carbocycles. The van der Waals surface area contributed by atoms with E-state index in [2.05, 4.69) is 46.7 Å². The molecule has 0 bridgehead atoms. The fourth-order valence-electron chi connectivity index (χ4n) is 2.88. The van der Waals surface area contributed by atoms with Gasteiger partial charge in [0, 0.05) is 19.1 Å². The van der Waals surface area contributed by atoms with Crippen LogP contribution in [0, 0.1) is 0 Å². The molecular weight excluding hydrogens is 302 g/mol. The van der Waals surface area contributed by atoms with Gasteiger partial charge in [-0.1, -0.05) is 30.3 Å². The average molecular weight is 333 g/mol. The topological polar surface area (TPSA) is 53.6 Å². The standard InChI is InChI=1S/C19H31N3O2/c1-17(8-9-18-6-3-2-4-7-18)21-19(23)16-20-10-5-11-22-12-14-24-15-13-22/h2-4,6-7,17,20H,5,8-16H2,1H3,(H,21,23)/t17-/m0/s1. The zero-order valence-electron chi connectivity index (χ0n) is 14.8. The molecule has 0 saturated carbocycles. The number of nitrogens with zero attached hydrogens (tertiary/aromatic N) is 1. The lowest BCUT2D eigenvalue weighted by atomic mass is 10.1.